The third-order valence-corrected chi connectivity index (χ3v) is 6.40. The van der Waals surface area contributed by atoms with E-state index in [4.69, 9.17) is 0 Å². The van der Waals surface area contributed by atoms with E-state index >= 15 is 0 Å². The fourth-order valence-electron chi connectivity index (χ4n) is 2.83. The van der Waals surface area contributed by atoms with Crippen LogP contribution in [0.5, 0.6) is 0 Å². The molecule has 0 aliphatic carbocycles. The molecular weight excluding hydrogens is 360 g/mol. The first kappa shape index (κ1) is 17.4. The SMILES string of the molecule is CCC1CSC(Nc2ccc(CCNc3nc4ccccc4s3)cc2)=N1. The molecule has 1 atom stereocenters. The van der Waals surface area contributed by atoms with Gasteiger partial charge in [0.25, 0.3) is 0 Å². The van der Waals surface area contributed by atoms with Crippen molar-refractivity contribution >= 4 is 49.3 Å². The van der Waals surface area contributed by atoms with Crippen molar-refractivity contribution < 1.29 is 0 Å². The highest BCUT2D eigenvalue weighted by atomic mass is 32.2. The average molecular weight is 383 g/mol. The first-order chi connectivity index (χ1) is 12.8. The molecule has 0 spiro atoms. The van der Waals surface area contributed by atoms with Gasteiger partial charge in [-0.3, -0.25) is 4.99 Å². The lowest BCUT2D eigenvalue weighted by Gasteiger charge is -2.07. The van der Waals surface area contributed by atoms with Crippen LogP contribution in [0.4, 0.5) is 10.8 Å². The second kappa shape index (κ2) is 8.10. The summed E-state index contributed by atoms with van der Waals surface area (Å²) in [5, 5.41) is 8.89. The van der Waals surface area contributed by atoms with Crippen molar-refractivity contribution in [1.82, 2.24) is 4.98 Å². The number of aromatic nitrogens is 1. The topological polar surface area (TPSA) is 49.3 Å². The van der Waals surface area contributed by atoms with Gasteiger partial charge in [-0.15, -0.1) is 0 Å². The highest BCUT2D eigenvalue weighted by Gasteiger charge is 2.16. The van der Waals surface area contributed by atoms with Crippen LogP contribution in [-0.4, -0.2) is 28.5 Å². The monoisotopic (exact) mass is 382 g/mol. The molecule has 3 aromatic rings. The molecule has 4 rings (SSSR count). The maximum Gasteiger partial charge on any atom is 0.183 e. The molecule has 4 nitrogen and oxygen atoms in total. The van der Waals surface area contributed by atoms with Gasteiger partial charge in [-0.1, -0.05) is 54.3 Å². The first-order valence-electron chi connectivity index (χ1n) is 8.96. The standard InChI is InChI=1S/C20H22N4S2/c1-2-15-13-25-20(22-15)23-16-9-7-14(8-10-16)11-12-21-19-24-17-5-3-4-6-18(17)26-19/h3-10,15H,2,11-13H2,1H3,(H,21,24)(H,22,23). The molecule has 0 saturated heterocycles. The van der Waals surface area contributed by atoms with Crippen LogP contribution in [0.2, 0.25) is 0 Å². The van der Waals surface area contributed by atoms with E-state index in [1.165, 1.54) is 10.3 Å². The third kappa shape index (κ3) is 4.19. The number of aliphatic imine (C=N–C) groups is 1. The van der Waals surface area contributed by atoms with E-state index < -0.39 is 0 Å². The summed E-state index contributed by atoms with van der Waals surface area (Å²) >= 11 is 3.52. The normalized spacial score (nSPS) is 16.7. The zero-order valence-corrected chi connectivity index (χ0v) is 16.4. The van der Waals surface area contributed by atoms with Crippen molar-refractivity contribution in [3.05, 3.63) is 54.1 Å². The average Bonchev–Trinajstić information content (AvgIpc) is 3.29. The Morgan fingerprint density at radius 1 is 1.12 bits per heavy atom. The van der Waals surface area contributed by atoms with Crippen molar-refractivity contribution in [3.63, 3.8) is 0 Å². The lowest BCUT2D eigenvalue weighted by Crippen LogP contribution is -2.06. The van der Waals surface area contributed by atoms with Gasteiger partial charge in [-0.2, -0.15) is 0 Å². The molecule has 2 heterocycles. The largest absolute Gasteiger partial charge is 0.361 e. The van der Waals surface area contributed by atoms with Gasteiger partial charge < -0.3 is 10.6 Å². The molecule has 2 N–H and O–H groups in total. The number of benzene rings is 2. The number of para-hydroxylation sites is 1. The fourth-order valence-corrected chi connectivity index (χ4v) is 4.80. The molecule has 0 saturated carbocycles. The predicted octanol–water partition coefficient (Wildman–Crippen LogP) is 5.24. The van der Waals surface area contributed by atoms with Gasteiger partial charge in [0.05, 0.1) is 16.3 Å². The summed E-state index contributed by atoms with van der Waals surface area (Å²) in [4.78, 5) is 9.29. The second-order valence-electron chi connectivity index (χ2n) is 6.29. The van der Waals surface area contributed by atoms with Crippen molar-refractivity contribution in [2.45, 2.75) is 25.8 Å². The van der Waals surface area contributed by atoms with E-state index in [9.17, 15) is 0 Å². The summed E-state index contributed by atoms with van der Waals surface area (Å²) in [5.74, 6) is 1.09. The molecule has 1 aliphatic heterocycles. The van der Waals surface area contributed by atoms with E-state index in [1.807, 2.05) is 17.8 Å². The Morgan fingerprint density at radius 3 is 2.73 bits per heavy atom. The fraction of sp³-hybridized carbons (Fsp3) is 0.300. The van der Waals surface area contributed by atoms with Crippen LogP contribution < -0.4 is 10.6 Å². The van der Waals surface area contributed by atoms with Crippen LogP contribution in [-0.2, 0) is 6.42 Å². The maximum atomic E-state index is 4.68. The minimum atomic E-state index is 0.468. The second-order valence-corrected chi connectivity index (χ2v) is 8.33. The number of nitrogens with one attached hydrogen (secondary N) is 2. The van der Waals surface area contributed by atoms with E-state index in [-0.39, 0.29) is 0 Å². The molecule has 0 fully saturated rings. The summed E-state index contributed by atoms with van der Waals surface area (Å²) in [5.41, 5.74) is 3.49. The van der Waals surface area contributed by atoms with Crippen molar-refractivity contribution in [2.24, 2.45) is 4.99 Å². The van der Waals surface area contributed by atoms with Crippen LogP contribution in [0.25, 0.3) is 10.2 Å². The minimum absolute atomic E-state index is 0.468. The number of nitrogens with zero attached hydrogens (tertiary/aromatic N) is 2. The van der Waals surface area contributed by atoms with Crippen molar-refractivity contribution in [3.8, 4) is 0 Å². The molecule has 26 heavy (non-hydrogen) atoms. The van der Waals surface area contributed by atoms with Crippen LogP contribution in [0.15, 0.2) is 53.5 Å². The summed E-state index contributed by atoms with van der Waals surface area (Å²) < 4.78 is 1.23. The number of hydrogen-bond acceptors (Lipinski definition) is 6. The van der Waals surface area contributed by atoms with Gasteiger partial charge >= 0.3 is 0 Å². The van der Waals surface area contributed by atoms with Gasteiger partial charge in [0.2, 0.25) is 0 Å². The molecule has 0 bridgehead atoms. The van der Waals surface area contributed by atoms with Crippen molar-refractivity contribution in [1.29, 1.82) is 0 Å². The minimum Gasteiger partial charge on any atom is -0.361 e. The predicted molar refractivity (Wildman–Crippen MR) is 116 cm³/mol. The Kier molecular flexibility index (Phi) is 5.41. The smallest absolute Gasteiger partial charge is 0.183 e. The first-order valence-corrected chi connectivity index (χ1v) is 10.8. The number of hydrogen-bond donors (Lipinski definition) is 2. The Bertz CT molecular complexity index is 869. The van der Waals surface area contributed by atoms with E-state index in [0.717, 1.165) is 46.6 Å². The van der Waals surface area contributed by atoms with Gasteiger partial charge in [-0.25, -0.2) is 4.98 Å². The van der Waals surface area contributed by atoms with E-state index in [2.05, 4.69) is 70.0 Å². The van der Waals surface area contributed by atoms with Crippen molar-refractivity contribution in [2.75, 3.05) is 22.9 Å². The van der Waals surface area contributed by atoms with Crippen LogP contribution in [0.1, 0.15) is 18.9 Å². The van der Waals surface area contributed by atoms with Crippen LogP contribution >= 0.6 is 23.1 Å². The van der Waals surface area contributed by atoms with Gasteiger partial charge in [0, 0.05) is 18.0 Å². The number of fused-ring (bicyclic) bond motifs is 1. The van der Waals surface area contributed by atoms with E-state index in [1.54, 1.807) is 11.3 Å². The van der Waals surface area contributed by atoms with Crippen LogP contribution in [0, 0.1) is 0 Å². The Morgan fingerprint density at radius 2 is 1.96 bits per heavy atom. The molecule has 1 aliphatic rings. The molecule has 1 aromatic heterocycles. The number of rotatable bonds is 6. The summed E-state index contributed by atoms with van der Waals surface area (Å²) in [6.07, 6.45) is 2.09. The highest BCUT2D eigenvalue weighted by molar-refractivity contribution is 8.14. The molecular formula is C20H22N4S2. The number of thiazole rings is 1. The van der Waals surface area contributed by atoms with Gasteiger partial charge in [0.1, 0.15) is 0 Å². The van der Waals surface area contributed by atoms with Crippen LogP contribution in [0.3, 0.4) is 0 Å². The number of thioether (sulfide) groups is 1. The Labute approximate surface area is 162 Å². The lowest BCUT2D eigenvalue weighted by atomic mass is 10.1. The van der Waals surface area contributed by atoms with Gasteiger partial charge in [-0.05, 0) is 42.7 Å². The Balaban J connectivity index is 1.29. The van der Waals surface area contributed by atoms with Gasteiger partial charge in [0.15, 0.2) is 10.3 Å². The Hall–Kier alpha value is -2.05. The molecule has 6 heteroatoms. The lowest BCUT2D eigenvalue weighted by molar-refractivity contribution is 0.738. The zero-order valence-electron chi connectivity index (χ0n) is 14.7. The quantitative estimate of drug-likeness (QED) is 0.612. The third-order valence-electron chi connectivity index (χ3n) is 4.37. The summed E-state index contributed by atoms with van der Waals surface area (Å²) in [7, 11) is 0. The number of amidine groups is 1. The maximum absolute atomic E-state index is 4.68. The molecule has 0 amide bonds. The summed E-state index contributed by atoms with van der Waals surface area (Å²) in [6.45, 7) is 3.07. The molecule has 1 unspecified atom stereocenters. The van der Waals surface area contributed by atoms with E-state index in [0.29, 0.717) is 6.04 Å². The molecule has 0 radical (unpaired) electrons. The highest BCUT2D eigenvalue weighted by Crippen LogP contribution is 2.25. The summed E-state index contributed by atoms with van der Waals surface area (Å²) in [6, 6.07) is 17.3. The molecule has 134 valence electrons. The molecule has 2 aromatic carbocycles. The number of anilines is 2. The zero-order chi connectivity index (χ0) is 17.8.